The van der Waals surface area contributed by atoms with E-state index >= 15 is 0 Å². The summed E-state index contributed by atoms with van der Waals surface area (Å²) in [6.07, 6.45) is 3.13. The van der Waals surface area contributed by atoms with Crippen LogP contribution in [0.1, 0.15) is 21.6 Å². The zero-order valence-corrected chi connectivity index (χ0v) is 16.0. The van der Waals surface area contributed by atoms with E-state index < -0.39 is 0 Å². The van der Waals surface area contributed by atoms with Crippen LogP contribution in [0.2, 0.25) is 0 Å². The fourth-order valence-electron chi connectivity index (χ4n) is 2.78. The largest absolute Gasteiger partial charge is 0.469 e. The molecule has 0 saturated carbocycles. The Balaban J connectivity index is 1.54. The lowest BCUT2D eigenvalue weighted by Gasteiger charge is -2.09. The molecule has 1 amide bonds. The number of ether oxygens (including phenoxy) is 1. The summed E-state index contributed by atoms with van der Waals surface area (Å²) in [5.41, 5.74) is 3.67. The summed E-state index contributed by atoms with van der Waals surface area (Å²) in [5, 5.41) is 15.0. The van der Waals surface area contributed by atoms with Crippen LogP contribution in [0.15, 0.2) is 59.3 Å². The highest BCUT2D eigenvalue weighted by molar-refractivity contribution is 5.92. The SMILES string of the molecule is CNC(=O)c1cc(COc2nnc(Nc3ccc(C)cc3)c3ccoc23)ccn1. The summed E-state index contributed by atoms with van der Waals surface area (Å²) in [6.45, 7) is 2.23. The van der Waals surface area contributed by atoms with Gasteiger partial charge in [0.15, 0.2) is 5.82 Å². The van der Waals surface area contributed by atoms with E-state index in [-0.39, 0.29) is 18.4 Å². The van der Waals surface area contributed by atoms with Crippen LogP contribution in [0.5, 0.6) is 5.88 Å². The number of benzene rings is 1. The Morgan fingerprint density at radius 3 is 2.76 bits per heavy atom. The third-order valence-corrected chi connectivity index (χ3v) is 4.33. The van der Waals surface area contributed by atoms with Crippen LogP contribution >= 0.6 is 0 Å². The molecular formula is C21H19N5O3. The summed E-state index contributed by atoms with van der Waals surface area (Å²) in [7, 11) is 1.56. The van der Waals surface area contributed by atoms with Gasteiger partial charge in [0.25, 0.3) is 11.8 Å². The van der Waals surface area contributed by atoms with Crippen molar-refractivity contribution in [1.29, 1.82) is 0 Å². The normalized spacial score (nSPS) is 10.7. The molecule has 0 spiro atoms. The summed E-state index contributed by atoms with van der Waals surface area (Å²) in [4.78, 5) is 15.8. The maximum atomic E-state index is 11.7. The van der Waals surface area contributed by atoms with Gasteiger partial charge in [0.05, 0.1) is 11.6 Å². The van der Waals surface area contributed by atoms with Crippen molar-refractivity contribution in [3.63, 3.8) is 0 Å². The van der Waals surface area contributed by atoms with Gasteiger partial charge < -0.3 is 19.8 Å². The number of rotatable bonds is 6. The number of aryl methyl sites for hydroxylation is 1. The molecule has 29 heavy (non-hydrogen) atoms. The molecule has 0 radical (unpaired) electrons. The zero-order chi connectivity index (χ0) is 20.2. The van der Waals surface area contributed by atoms with Crippen molar-refractivity contribution >= 4 is 28.4 Å². The third kappa shape index (κ3) is 4.01. The van der Waals surface area contributed by atoms with Gasteiger partial charge >= 0.3 is 0 Å². The molecule has 8 nitrogen and oxygen atoms in total. The number of nitrogens with zero attached hydrogens (tertiary/aromatic N) is 3. The predicted octanol–water partition coefficient (Wildman–Crippen LogP) is 3.61. The number of amides is 1. The van der Waals surface area contributed by atoms with Gasteiger partial charge in [0, 0.05) is 18.9 Å². The first-order valence-corrected chi connectivity index (χ1v) is 9.01. The molecule has 2 N–H and O–H groups in total. The Labute approximate surface area is 166 Å². The Kier molecular flexibility index (Phi) is 5.07. The van der Waals surface area contributed by atoms with E-state index in [4.69, 9.17) is 9.15 Å². The van der Waals surface area contributed by atoms with E-state index in [2.05, 4.69) is 25.8 Å². The molecule has 0 aliphatic heterocycles. The number of hydrogen-bond donors (Lipinski definition) is 2. The van der Waals surface area contributed by atoms with Crippen LogP contribution in [-0.2, 0) is 6.61 Å². The Bertz CT molecular complexity index is 1150. The van der Waals surface area contributed by atoms with E-state index in [1.54, 1.807) is 31.6 Å². The number of nitrogens with one attached hydrogen (secondary N) is 2. The smallest absolute Gasteiger partial charge is 0.278 e. The van der Waals surface area contributed by atoms with Crippen LogP contribution in [0, 0.1) is 6.92 Å². The highest BCUT2D eigenvalue weighted by atomic mass is 16.5. The molecule has 8 heteroatoms. The van der Waals surface area contributed by atoms with Crippen molar-refractivity contribution in [3.8, 4) is 5.88 Å². The lowest BCUT2D eigenvalue weighted by atomic mass is 10.2. The average molecular weight is 389 g/mol. The number of aromatic nitrogens is 3. The molecule has 0 atom stereocenters. The Hall–Kier alpha value is -3.94. The number of carbonyl (C=O) groups is 1. The van der Waals surface area contributed by atoms with E-state index in [1.807, 2.05) is 37.3 Å². The number of carbonyl (C=O) groups excluding carboxylic acids is 1. The molecule has 146 valence electrons. The van der Waals surface area contributed by atoms with Gasteiger partial charge in [-0.25, -0.2) is 0 Å². The number of anilines is 2. The summed E-state index contributed by atoms with van der Waals surface area (Å²) in [6, 6.07) is 13.2. The van der Waals surface area contributed by atoms with Crippen molar-refractivity contribution in [2.45, 2.75) is 13.5 Å². The van der Waals surface area contributed by atoms with Crippen LogP contribution < -0.4 is 15.4 Å². The predicted molar refractivity (Wildman–Crippen MR) is 108 cm³/mol. The first-order valence-electron chi connectivity index (χ1n) is 9.01. The molecule has 4 aromatic rings. The van der Waals surface area contributed by atoms with Crippen molar-refractivity contribution in [2.75, 3.05) is 12.4 Å². The van der Waals surface area contributed by atoms with Gasteiger partial charge in [0.1, 0.15) is 12.3 Å². The van der Waals surface area contributed by atoms with E-state index in [0.717, 1.165) is 16.6 Å². The van der Waals surface area contributed by atoms with E-state index in [9.17, 15) is 4.79 Å². The van der Waals surface area contributed by atoms with Gasteiger partial charge in [0.2, 0.25) is 5.58 Å². The van der Waals surface area contributed by atoms with Crippen molar-refractivity contribution in [2.24, 2.45) is 0 Å². The monoisotopic (exact) mass is 389 g/mol. The first kappa shape index (κ1) is 18.4. The Morgan fingerprint density at radius 2 is 1.97 bits per heavy atom. The van der Waals surface area contributed by atoms with E-state index in [1.165, 1.54) is 5.56 Å². The summed E-state index contributed by atoms with van der Waals surface area (Å²) < 4.78 is 11.4. The second-order valence-corrected chi connectivity index (χ2v) is 6.43. The molecular weight excluding hydrogens is 370 g/mol. The van der Waals surface area contributed by atoms with Gasteiger partial charge in [-0.2, -0.15) is 0 Å². The fourth-order valence-corrected chi connectivity index (χ4v) is 2.78. The number of hydrogen-bond acceptors (Lipinski definition) is 7. The molecule has 0 bridgehead atoms. The van der Waals surface area contributed by atoms with Gasteiger partial charge in [-0.15, -0.1) is 10.2 Å². The molecule has 0 aliphatic carbocycles. The standard InChI is InChI=1S/C21H19N5O3/c1-13-3-5-15(6-4-13)24-19-16-8-10-28-18(16)21(26-25-19)29-12-14-7-9-23-17(11-14)20(27)22-2/h3-11H,12H2,1-2H3,(H,22,27)(H,24,25). The lowest BCUT2D eigenvalue weighted by molar-refractivity contribution is 0.0958. The van der Waals surface area contributed by atoms with Crippen molar-refractivity contribution < 1.29 is 13.9 Å². The Morgan fingerprint density at radius 1 is 1.14 bits per heavy atom. The minimum atomic E-state index is -0.258. The number of furan rings is 1. The van der Waals surface area contributed by atoms with Crippen molar-refractivity contribution in [1.82, 2.24) is 20.5 Å². The summed E-state index contributed by atoms with van der Waals surface area (Å²) >= 11 is 0. The van der Waals surface area contributed by atoms with Gasteiger partial charge in [-0.3, -0.25) is 9.78 Å². The molecule has 3 heterocycles. The van der Waals surface area contributed by atoms with Crippen molar-refractivity contribution in [3.05, 3.63) is 71.7 Å². The first-order chi connectivity index (χ1) is 14.1. The molecule has 3 aromatic heterocycles. The fraction of sp³-hybridized carbons (Fsp3) is 0.143. The molecule has 0 fully saturated rings. The molecule has 4 rings (SSSR count). The number of pyridine rings is 1. The second kappa shape index (κ2) is 7.97. The van der Waals surface area contributed by atoms with Crippen LogP contribution in [0.25, 0.3) is 11.0 Å². The number of fused-ring (bicyclic) bond motifs is 1. The highest BCUT2D eigenvalue weighted by Gasteiger charge is 2.14. The third-order valence-electron chi connectivity index (χ3n) is 4.33. The molecule has 1 aromatic carbocycles. The van der Waals surface area contributed by atoms with Crippen LogP contribution in [-0.4, -0.2) is 28.1 Å². The van der Waals surface area contributed by atoms with Gasteiger partial charge in [-0.05, 0) is 42.8 Å². The highest BCUT2D eigenvalue weighted by Crippen LogP contribution is 2.30. The molecule has 0 aliphatic rings. The minimum absolute atomic E-state index is 0.196. The quantitative estimate of drug-likeness (QED) is 0.519. The maximum Gasteiger partial charge on any atom is 0.278 e. The topological polar surface area (TPSA) is 102 Å². The van der Waals surface area contributed by atoms with E-state index in [0.29, 0.717) is 17.1 Å². The second-order valence-electron chi connectivity index (χ2n) is 6.43. The van der Waals surface area contributed by atoms with Crippen LogP contribution in [0.4, 0.5) is 11.5 Å². The summed E-state index contributed by atoms with van der Waals surface area (Å²) in [5.74, 6) is 0.597. The molecule has 0 unspecified atom stereocenters. The van der Waals surface area contributed by atoms with Crippen LogP contribution in [0.3, 0.4) is 0 Å². The zero-order valence-electron chi connectivity index (χ0n) is 16.0. The molecule has 0 saturated heterocycles. The van der Waals surface area contributed by atoms with Gasteiger partial charge in [-0.1, -0.05) is 17.7 Å². The average Bonchev–Trinajstić information content (AvgIpc) is 3.25. The lowest BCUT2D eigenvalue weighted by Crippen LogP contribution is -2.19. The maximum absolute atomic E-state index is 11.7. The minimum Gasteiger partial charge on any atom is -0.469 e.